The zero-order chi connectivity index (χ0) is 27.9. The molecule has 0 spiro atoms. The molecular formula is C28H31Cl2N3O4S. The Morgan fingerprint density at radius 2 is 1.45 bits per heavy atom. The quantitative estimate of drug-likeness (QED) is 0.326. The summed E-state index contributed by atoms with van der Waals surface area (Å²) < 4.78 is 28.5. The van der Waals surface area contributed by atoms with Crippen LogP contribution in [0.1, 0.15) is 32.8 Å². The van der Waals surface area contributed by atoms with Gasteiger partial charge >= 0.3 is 0 Å². The number of para-hydroxylation sites is 1. The van der Waals surface area contributed by atoms with E-state index in [0.717, 1.165) is 4.31 Å². The molecule has 0 aliphatic rings. The van der Waals surface area contributed by atoms with Gasteiger partial charge in [-0.3, -0.25) is 13.9 Å². The lowest BCUT2D eigenvalue weighted by Gasteiger charge is -2.32. The van der Waals surface area contributed by atoms with Crippen LogP contribution >= 0.6 is 23.2 Å². The molecule has 0 aromatic heterocycles. The lowest BCUT2D eigenvalue weighted by molar-refractivity contribution is -0.139. The number of amides is 2. The van der Waals surface area contributed by atoms with Gasteiger partial charge in [0.05, 0.1) is 15.6 Å². The standard InChI is InChI=1S/C28H31Cl2N3O4S/c1-4-20(2)31-28(35)21(3)32(18-22-12-8-9-15-24(22)29)27(34)19-33(26-17-11-10-16-25(26)30)38(36,37)23-13-6-5-7-14-23/h5-17,20-21H,4,18-19H2,1-3H3,(H,31,35). The maximum atomic E-state index is 13.9. The van der Waals surface area contributed by atoms with Crippen molar-refractivity contribution in [1.82, 2.24) is 10.2 Å². The zero-order valence-corrected chi connectivity index (χ0v) is 23.8. The second kappa shape index (κ2) is 13.1. The Morgan fingerprint density at radius 1 is 0.868 bits per heavy atom. The molecule has 7 nitrogen and oxygen atoms in total. The summed E-state index contributed by atoms with van der Waals surface area (Å²) >= 11 is 12.8. The second-order valence-electron chi connectivity index (χ2n) is 8.88. The molecule has 0 aliphatic carbocycles. The van der Waals surface area contributed by atoms with Gasteiger partial charge in [-0.15, -0.1) is 0 Å². The van der Waals surface area contributed by atoms with Crippen LogP contribution in [0.4, 0.5) is 5.69 Å². The number of anilines is 1. The molecule has 0 heterocycles. The third-order valence-corrected chi connectivity index (χ3v) is 8.66. The molecule has 0 fully saturated rings. The van der Waals surface area contributed by atoms with Crippen molar-refractivity contribution in [2.75, 3.05) is 10.8 Å². The van der Waals surface area contributed by atoms with Crippen LogP contribution < -0.4 is 9.62 Å². The maximum Gasteiger partial charge on any atom is 0.264 e. The van der Waals surface area contributed by atoms with Crippen LogP contribution in [0.5, 0.6) is 0 Å². The number of carbonyl (C=O) groups excluding carboxylic acids is 2. The minimum Gasteiger partial charge on any atom is -0.352 e. The molecule has 0 bridgehead atoms. The third-order valence-electron chi connectivity index (χ3n) is 6.20. The SMILES string of the molecule is CCC(C)NC(=O)C(C)N(Cc1ccccc1Cl)C(=O)CN(c1ccccc1Cl)S(=O)(=O)c1ccccc1. The van der Waals surface area contributed by atoms with E-state index in [1.54, 1.807) is 67.6 Å². The van der Waals surface area contributed by atoms with Gasteiger partial charge in [-0.05, 0) is 56.2 Å². The molecule has 2 atom stereocenters. The molecule has 1 N–H and O–H groups in total. The zero-order valence-electron chi connectivity index (χ0n) is 21.5. The molecule has 3 aromatic rings. The van der Waals surface area contributed by atoms with E-state index >= 15 is 0 Å². The fraction of sp³-hybridized carbons (Fsp3) is 0.286. The Bertz CT molecular complexity index is 1370. The van der Waals surface area contributed by atoms with E-state index < -0.39 is 28.5 Å². The normalized spacial score (nSPS) is 12.9. The van der Waals surface area contributed by atoms with Crippen LogP contribution in [-0.4, -0.2) is 43.8 Å². The van der Waals surface area contributed by atoms with E-state index in [1.807, 2.05) is 13.8 Å². The lowest BCUT2D eigenvalue weighted by Crippen LogP contribution is -2.52. The minimum atomic E-state index is -4.18. The number of sulfonamides is 1. The van der Waals surface area contributed by atoms with Crippen LogP contribution in [0.25, 0.3) is 0 Å². The molecular weight excluding hydrogens is 545 g/mol. The average molecular weight is 577 g/mol. The summed E-state index contributed by atoms with van der Waals surface area (Å²) in [5.41, 5.74) is 0.779. The number of hydrogen-bond acceptors (Lipinski definition) is 4. The Kier molecular flexibility index (Phi) is 10.2. The van der Waals surface area contributed by atoms with Gasteiger partial charge in [-0.1, -0.05) is 78.7 Å². The highest BCUT2D eigenvalue weighted by molar-refractivity contribution is 7.92. The lowest BCUT2D eigenvalue weighted by atomic mass is 10.1. The highest BCUT2D eigenvalue weighted by Crippen LogP contribution is 2.31. The Balaban J connectivity index is 2.04. The number of carbonyl (C=O) groups is 2. The molecule has 2 unspecified atom stereocenters. The van der Waals surface area contributed by atoms with Crippen LogP contribution in [-0.2, 0) is 26.2 Å². The van der Waals surface area contributed by atoms with Gasteiger partial charge in [-0.2, -0.15) is 0 Å². The highest BCUT2D eigenvalue weighted by Gasteiger charge is 2.33. The maximum absolute atomic E-state index is 13.9. The van der Waals surface area contributed by atoms with Crippen molar-refractivity contribution >= 4 is 50.7 Å². The summed E-state index contributed by atoms with van der Waals surface area (Å²) in [6.07, 6.45) is 0.715. The van der Waals surface area contributed by atoms with E-state index in [-0.39, 0.29) is 34.1 Å². The van der Waals surface area contributed by atoms with Gasteiger partial charge in [0.2, 0.25) is 11.8 Å². The summed E-state index contributed by atoms with van der Waals surface area (Å²) in [5, 5.41) is 3.49. The number of halogens is 2. The van der Waals surface area contributed by atoms with Gasteiger partial charge in [-0.25, -0.2) is 8.42 Å². The Morgan fingerprint density at radius 3 is 2.05 bits per heavy atom. The van der Waals surface area contributed by atoms with Crippen molar-refractivity contribution < 1.29 is 18.0 Å². The monoisotopic (exact) mass is 575 g/mol. The first kappa shape index (κ1) is 29.5. The molecule has 0 aliphatic heterocycles. The van der Waals surface area contributed by atoms with Gasteiger partial charge in [0.25, 0.3) is 10.0 Å². The summed E-state index contributed by atoms with van der Waals surface area (Å²) in [6, 6.07) is 20.2. The predicted molar refractivity (Wildman–Crippen MR) is 152 cm³/mol. The van der Waals surface area contributed by atoms with Crippen molar-refractivity contribution in [3.8, 4) is 0 Å². The minimum absolute atomic E-state index is 0.00735. The molecule has 3 rings (SSSR count). The van der Waals surface area contributed by atoms with E-state index in [1.165, 1.54) is 23.1 Å². The topological polar surface area (TPSA) is 86.8 Å². The molecule has 2 amide bonds. The van der Waals surface area contributed by atoms with Gasteiger partial charge in [0.1, 0.15) is 12.6 Å². The summed E-state index contributed by atoms with van der Waals surface area (Å²) in [6.45, 7) is 4.86. The molecule has 3 aromatic carbocycles. The van der Waals surface area contributed by atoms with Crippen LogP contribution in [0, 0.1) is 0 Å². The van der Waals surface area contributed by atoms with Crippen molar-refractivity contribution in [2.45, 2.75) is 50.7 Å². The second-order valence-corrected chi connectivity index (χ2v) is 11.6. The predicted octanol–water partition coefficient (Wildman–Crippen LogP) is 5.52. The van der Waals surface area contributed by atoms with Gasteiger partial charge in [0, 0.05) is 17.6 Å². The van der Waals surface area contributed by atoms with Crippen LogP contribution in [0.3, 0.4) is 0 Å². The number of nitrogens with one attached hydrogen (secondary N) is 1. The van der Waals surface area contributed by atoms with Crippen molar-refractivity contribution in [3.63, 3.8) is 0 Å². The Hall–Kier alpha value is -3.07. The number of benzene rings is 3. The van der Waals surface area contributed by atoms with Crippen molar-refractivity contribution in [2.24, 2.45) is 0 Å². The van der Waals surface area contributed by atoms with Gasteiger partial charge in [0.15, 0.2) is 0 Å². The average Bonchev–Trinajstić information content (AvgIpc) is 2.91. The summed E-state index contributed by atoms with van der Waals surface area (Å²) in [7, 11) is -4.18. The summed E-state index contributed by atoms with van der Waals surface area (Å²) in [5.74, 6) is -0.939. The molecule has 202 valence electrons. The molecule has 10 heteroatoms. The molecule has 0 saturated carbocycles. The number of rotatable bonds is 11. The Labute approximate surface area is 234 Å². The fourth-order valence-corrected chi connectivity index (χ4v) is 5.68. The molecule has 0 saturated heterocycles. The number of hydrogen-bond donors (Lipinski definition) is 1. The van der Waals surface area contributed by atoms with Crippen molar-refractivity contribution in [1.29, 1.82) is 0 Å². The molecule has 38 heavy (non-hydrogen) atoms. The van der Waals surface area contributed by atoms with Gasteiger partial charge < -0.3 is 10.2 Å². The first-order chi connectivity index (χ1) is 18.1. The fourth-order valence-electron chi connectivity index (χ4n) is 3.75. The smallest absolute Gasteiger partial charge is 0.264 e. The van der Waals surface area contributed by atoms with E-state index in [9.17, 15) is 18.0 Å². The van der Waals surface area contributed by atoms with E-state index in [2.05, 4.69) is 5.32 Å². The first-order valence-corrected chi connectivity index (χ1v) is 14.4. The molecule has 0 radical (unpaired) electrons. The highest BCUT2D eigenvalue weighted by atomic mass is 35.5. The third kappa shape index (κ3) is 7.07. The van der Waals surface area contributed by atoms with Crippen LogP contribution in [0.15, 0.2) is 83.8 Å². The largest absolute Gasteiger partial charge is 0.352 e. The summed E-state index contributed by atoms with van der Waals surface area (Å²) in [4.78, 5) is 28.3. The van der Waals surface area contributed by atoms with E-state index in [4.69, 9.17) is 23.2 Å². The number of nitrogens with zero attached hydrogens (tertiary/aromatic N) is 2. The first-order valence-electron chi connectivity index (χ1n) is 12.2. The van der Waals surface area contributed by atoms with E-state index in [0.29, 0.717) is 17.0 Å². The van der Waals surface area contributed by atoms with Crippen LogP contribution in [0.2, 0.25) is 10.0 Å². The van der Waals surface area contributed by atoms with Crippen molar-refractivity contribution in [3.05, 3.63) is 94.5 Å².